The number of halogens is 3. The Kier molecular flexibility index (Phi) is 7.67. The normalized spacial score (nSPS) is 15.4. The fraction of sp³-hybridized carbons (Fsp3) is 0.400. The lowest BCUT2D eigenvalue weighted by molar-refractivity contribution is -0.105. The van der Waals surface area contributed by atoms with Crippen LogP contribution in [0.4, 0.5) is 18.9 Å². The monoisotopic (exact) mass is 489 g/mol. The molecule has 0 atom stereocenters. The summed E-state index contributed by atoms with van der Waals surface area (Å²) in [6.45, 7) is 0.844. The van der Waals surface area contributed by atoms with Crippen molar-refractivity contribution in [3.63, 3.8) is 0 Å². The van der Waals surface area contributed by atoms with Crippen LogP contribution >= 0.6 is 11.8 Å². The first-order valence-corrected chi connectivity index (χ1v) is 12.2. The van der Waals surface area contributed by atoms with Gasteiger partial charge in [0.05, 0.1) is 29.0 Å². The van der Waals surface area contributed by atoms with E-state index < -0.39 is 27.9 Å². The van der Waals surface area contributed by atoms with Gasteiger partial charge >= 0.3 is 6.18 Å². The van der Waals surface area contributed by atoms with Gasteiger partial charge in [-0.15, -0.1) is 0 Å². The molecular formula is C20H22F3N3O4S2. The number of sulfonamides is 1. The lowest BCUT2D eigenvalue weighted by Gasteiger charge is -2.26. The molecule has 0 unspecified atom stereocenters. The first-order chi connectivity index (χ1) is 15.1. The van der Waals surface area contributed by atoms with E-state index in [0.29, 0.717) is 24.9 Å². The van der Waals surface area contributed by atoms with Gasteiger partial charge < -0.3 is 10.1 Å². The number of hydrogen-bond acceptors (Lipinski definition) is 6. The smallest absolute Gasteiger partial charge is 0.398 e. The Bertz CT molecular complexity index is 1070. The Morgan fingerprint density at radius 2 is 1.94 bits per heavy atom. The van der Waals surface area contributed by atoms with Gasteiger partial charge in [-0.25, -0.2) is 13.4 Å². The van der Waals surface area contributed by atoms with Gasteiger partial charge in [-0.2, -0.15) is 17.5 Å². The standard InChI is InChI=1S/C20H22F3N3O4S2/c1-30-17-8-7-14(32(28,29)26-10-3-2-4-11-26)12-16(17)25-18(27)15-6-5-9-24-19(15)31-13-20(21,22)23/h5-9,12H,2-4,10-11,13H2,1H3,(H,25,27). The van der Waals surface area contributed by atoms with Crippen molar-refractivity contribution in [2.75, 3.05) is 31.3 Å². The van der Waals surface area contributed by atoms with E-state index in [-0.39, 0.29) is 26.9 Å². The molecular weight excluding hydrogens is 467 g/mol. The molecule has 1 aliphatic heterocycles. The first kappa shape index (κ1) is 24.3. The van der Waals surface area contributed by atoms with E-state index in [0.717, 1.165) is 19.3 Å². The topological polar surface area (TPSA) is 88.6 Å². The maximum atomic E-state index is 13.0. The molecule has 1 fully saturated rings. The second-order valence-corrected chi connectivity index (χ2v) is 9.94. The molecule has 1 aliphatic rings. The van der Waals surface area contributed by atoms with Crippen molar-refractivity contribution < 1.29 is 31.1 Å². The molecule has 12 heteroatoms. The van der Waals surface area contributed by atoms with Gasteiger partial charge in [-0.05, 0) is 43.2 Å². The zero-order valence-electron chi connectivity index (χ0n) is 17.2. The predicted molar refractivity (Wildman–Crippen MR) is 115 cm³/mol. The number of benzene rings is 1. The fourth-order valence-corrected chi connectivity index (χ4v) is 5.51. The zero-order valence-corrected chi connectivity index (χ0v) is 18.8. The van der Waals surface area contributed by atoms with Crippen molar-refractivity contribution in [3.05, 3.63) is 42.1 Å². The van der Waals surface area contributed by atoms with E-state index in [2.05, 4.69) is 10.3 Å². The van der Waals surface area contributed by atoms with Gasteiger partial charge in [0.15, 0.2) is 0 Å². The average molecular weight is 490 g/mol. The molecule has 7 nitrogen and oxygen atoms in total. The average Bonchev–Trinajstić information content (AvgIpc) is 2.78. The molecule has 0 aliphatic carbocycles. The van der Waals surface area contributed by atoms with Crippen molar-refractivity contribution in [1.82, 2.24) is 9.29 Å². The summed E-state index contributed by atoms with van der Waals surface area (Å²) in [4.78, 5) is 16.7. The van der Waals surface area contributed by atoms with Crippen LogP contribution < -0.4 is 10.1 Å². The minimum Gasteiger partial charge on any atom is -0.495 e. The highest BCUT2D eigenvalue weighted by Crippen LogP contribution is 2.32. The molecule has 2 aromatic rings. The number of thioether (sulfide) groups is 1. The van der Waals surface area contributed by atoms with Gasteiger partial charge in [-0.3, -0.25) is 4.79 Å². The number of amides is 1. The molecule has 2 heterocycles. The van der Waals surface area contributed by atoms with Crippen molar-refractivity contribution in [3.8, 4) is 5.75 Å². The molecule has 0 spiro atoms. The SMILES string of the molecule is COc1ccc(S(=O)(=O)N2CCCCC2)cc1NC(=O)c1cccnc1SCC(F)(F)F. The number of nitrogens with zero attached hydrogens (tertiary/aromatic N) is 2. The van der Waals surface area contributed by atoms with Gasteiger partial charge in [0, 0.05) is 19.3 Å². The Hall–Kier alpha value is -2.31. The third-order valence-electron chi connectivity index (χ3n) is 4.76. The Morgan fingerprint density at radius 3 is 2.59 bits per heavy atom. The van der Waals surface area contributed by atoms with Crippen LogP contribution in [0.5, 0.6) is 5.75 Å². The summed E-state index contributed by atoms with van der Waals surface area (Å²) in [6, 6.07) is 6.89. The summed E-state index contributed by atoms with van der Waals surface area (Å²) in [5.74, 6) is -1.71. The quantitative estimate of drug-likeness (QED) is 0.588. The minimum atomic E-state index is -4.42. The van der Waals surface area contributed by atoms with E-state index in [1.54, 1.807) is 0 Å². The van der Waals surface area contributed by atoms with E-state index in [1.165, 1.54) is 47.9 Å². The van der Waals surface area contributed by atoms with Crippen LogP contribution in [0.1, 0.15) is 29.6 Å². The maximum Gasteiger partial charge on any atom is 0.398 e. The van der Waals surface area contributed by atoms with Gasteiger partial charge in [0.1, 0.15) is 10.8 Å². The Morgan fingerprint density at radius 1 is 1.22 bits per heavy atom. The molecule has 1 N–H and O–H groups in total. The highest BCUT2D eigenvalue weighted by molar-refractivity contribution is 7.99. The molecule has 0 radical (unpaired) electrons. The number of carbonyl (C=O) groups excluding carboxylic acids is 1. The number of rotatable bonds is 7. The third-order valence-corrected chi connectivity index (χ3v) is 7.73. The summed E-state index contributed by atoms with van der Waals surface area (Å²) < 4.78 is 70.4. The summed E-state index contributed by atoms with van der Waals surface area (Å²) >= 11 is 0.398. The lowest BCUT2D eigenvalue weighted by Crippen LogP contribution is -2.35. The Labute approximate surface area is 188 Å². The largest absolute Gasteiger partial charge is 0.495 e. The molecule has 1 aromatic carbocycles. The number of hydrogen-bond donors (Lipinski definition) is 1. The van der Waals surface area contributed by atoms with Crippen LogP contribution in [0, 0.1) is 0 Å². The number of aromatic nitrogens is 1. The molecule has 1 aromatic heterocycles. The molecule has 1 saturated heterocycles. The van der Waals surface area contributed by atoms with Gasteiger partial charge in [0.25, 0.3) is 5.91 Å². The van der Waals surface area contributed by atoms with Crippen LogP contribution in [0.15, 0.2) is 46.5 Å². The van der Waals surface area contributed by atoms with E-state index in [1.807, 2.05) is 0 Å². The highest BCUT2D eigenvalue weighted by atomic mass is 32.2. The van der Waals surface area contributed by atoms with Crippen molar-refractivity contribution in [2.45, 2.75) is 35.4 Å². The number of piperidine rings is 1. The van der Waals surface area contributed by atoms with Crippen molar-refractivity contribution in [2.24, 2.45) is 0 Å². The predicted octanol–water partition coefficient (Wildman–Crippen LogP) is 4.17. The van der Waals surface area contributed by atoms with E-state index in [4.69, 9.17) is 4.74 Å². The number of nitrogens with one attached hydrogen (secondary N) is 1. The van der Waals surface area contributed by atoms with Crippen molar-refractivity contribution in [1.29, 1.82) is 0 Å². The van der Waals surface area contributed by atoms with E-state index >= 15 is 0 Å². The summed E-state index contributed by atoms with van der Waals surface area (Å²) in [6.07, 6.45) is -0.607. The third kappa shape index (κ3) is 5.93. The second-order valence-electron chi connectivity index (χ2n) is 7.04. The molecule has 0 bridgehead atoms. The van der Waals surface area contributed by atoms with Crippen LogP contribution in [0.2, 0.25) is 0 Å². The summed E-state index contributed by atoms with van der Waals surface area (Å²) in [5.41, 5.74) is 0.0271. The molecule has 3 rings (SSSR count). The van der Waals surface area contributed by atoms with Crippen LogP contribution in [-0.2, 0) is 10.0 Å². The molecule has 1 amide bonds. The molecule has 174 valence electrons. The number of methoxy groups -OCH3 is 1. The number of alkyl halides is 3. The Balaban J connectivity index is 1.87. The van der Waals surface area contributed by atoms with Crippen LogP contribution in [0.25, 0.3) is 0 Å². The minimum absolute atomic E-state index is 0.00615. The van der Waals surface area contributed by atoms with Crippen LogP contribution in [-0.4, -0.2) is 55.7 Å². The molecule has 0 saturated carbocycles. The van der Waals surface area contributed by atoms with E-state index in [9.17, 15) is 26.4 Å². The summed E-state index contributed by atoms with van der Waals surface area (Å²) in [5, 5.41) is 2.46. The van der Waals surface area contributed by atoms with Crippen LogP contribution in [0.3, 0.4) is 0 Å². The number of anilines is 1. The number of pyridine rings is 1. The van der Waals surface area contributed by atoms with Crippen molar-refractivity contribution >= 4 is 33.4 Å². The zero-order chi connectivity index (χ0) is 23.4. The van der Waals surface area contributed by atoms with Gasteiger partial charge in [-0.1, -0.05) is 18.2 Å². The molecule has 32 heavy (non-hydrogen) atoms. The number of carbonyl (C=O) groups is 1. The summed E-state index contributed by atoms with van der Waals surface area (Å²) in [7, 11) is -2.40. The second kappa shape index (κ2) is 10.1. The first-order valence-electron chi connectivity index (χ1n) is 9.76. The van der Waals surface area contributed by atoms with Gasteiger partial charge in [0.2, 0.25) is 10.0 Å². The highest BCUT2D eigenvalue weighted by Gasteiger charge is 2.29. The number of ether oxygens (including phenoxy) is 1. The fourth-order valence-electron chi connectivity index (χ4n) is 3.22. The lowest BCUT2D eigenvalue weighted by atomic mass is 10.2. The maximum absolute atomic E-state index is 13.0.